The number of esters is 2. The summed E-state index contributed by atoms with van der Waals surface area (Å²) in [7, 11) is 0. The molecule has 0 radical (unpaired) electrons. The number of aryl methyl sites for hydroxylation is 3. The number of carbonyl (C=O) groups excluding carboxylic acids is 3. The summed E-state index contributed by atoms with van der Waals surface area (Å²) in [5.74, 6) is -2.16. The highest BCUT2D eigenvalue weighted by Crippen LogP contribution is 2.30. The largest absolute Gasteiger partial charge is 0.478 e. The molecule has 0 fully saturated rings. The molecule has 4 aromatic rings. The zero-order chi connectivity index (χ0) is 27.8. The Balaban J connectivity index is 0.000000223. The zero-order valence-corrected chi connectivity index (χ0v) is 22.0. The van der Waals surface area contributed by atoms with Gasteiger partial charge in [0.15, 0.2) is 6.29 Å². The summed E-state index contributed by atoms with van der Waals surface area (Å²) >= 11 is 1.41. The number of carboxylic acid groups (broad SMARTS) is 1. The van der Waals surface area contributed by atoms with Crippen molar-refractivity contribution in [3.8, 4) is 21.6 Å². The van der Waals surface area contributed by atoms with E-state index in [-0.39, 0.29) is 12.0 Å². The van der Waals surface area contributed by atoms with Gasteiger partial charge in [0.1, 0.15) is 0 Å². The van der Waals surface area contributed by atoms with E-state index in [4.69, 9.17) is 5.11 Å². The van der Waals surface area contributed by atoms with Crippen LogP contribution >= 0.6 is 11.3 Å². The fourth-order valence-corrected chi connectivity index (χ4v) is 4.17. The van der Waals surface area contributed by atoms with Gasteiger partial charge in [-0.1, -0.05) is 12.1 Å². The van der Waals surface area contributed by atoms with Crippen molar-refractivity contribution in [3.63, 3.8) is 0 Å². The van der Waals surface area contributed by atoms with Gasteiger partial charge in [-0.05, 0) is 56.7 Å². The van der Waals surface area contributed by atoms with Crippen LogP contribution in [0.4, 0.5) is 0 Å². The van der Waals surface area contributed by atoms with Crippen molar-refractivity contribution < 1.29 is 29.0 Å². The first-order chi connectivity index (χ1) is 18.1. The maximum Gasteiger partial charge on any atom is 0.335 e. The van der Waals surface area contributed by atoms with E-state index in [1.165, 1.54) is 18.3 Å². The molecule has 0 unspecified atom stereocenters. The molecule has 3 heterocycles. The molecule has 9 nitrogen and oxygen atoms in total. The van der Waals surface area contributed by atoms with Gasteiger partial charge in [-0.3, -0.25) is 29.3 Å². The van der Waals surface area contributed by atoms with Crippen molar-refractivity contribution in [2.24, 2.45) is 0 Å². The number of hydrogen-bond acceptors (Lipinski definition) is 9. The van der Waals surface area contributed by atoms with Gasteiger partial charge in [-0.25, -0.2) is 4.79 Å². The lowest BCUT2D eigenvalue weighted by atomic mass is 10.0. The summed E-state index contributed by atoms with van der Waals surface area (Å²) in [6.07, 6.45) is 4.28. The Morgan fingerprint density at radius 1 is 0.895 bits per heavy atom. The highest BCUT2D eigenvalue weighted by molar-refractivity contribution is 7.17. The smallest absolute Gasteiger partial charge is 0.335 e. The molecule has 0 saturated heterocycles. The van der Waals surface area contributed by atoms with Gasteiger partial charge in [-0.2, -0.15) is 0 Å². The van der Waals surface area contributed by atoms with Gasteiger partial charge in [0.05, 0.1) is 39.6 Å². The predicted molar refractivity (Wildman–Crippen MR) is 142 cm³/mol. The molecule has 4 rings (SSSR count). The second kappa shape index (κ2) is 12.6. The fraction of sp³-hybridized carbons (Fsp3) is 0.179. The molecule has 1 aromatic carbocycles. The molecular formula is C28H25N3O6S. The van der Waals surface area contributed by atoms with E-state index in [0.29, 0.717) is 16.3 Å². The number of carboxylic acids is 1. The average molecular weight is 532 g/mol. The Bertz CT molecular complexity index is 1490. The molecule has 10 heteroatoms. The van der Waals surface area contributed by atoms with Crippen LogP contribution < -0.4 is 0 Å². The van der Waals surface area contributed by atoms with Gasteiger partial charge in [-0.15, -0.1) is 11.3 Å². The summed E-state index contributed by atoms with van der Waals surface area (Å²) < 4.78 is 4.43. The van der Waals surface area contributed by atoms with Crippen molar-refractivity contribution in [1.82, 2.24) is 15.0 Å². The molecule has 0 spiro atoms. The Morgan fingerprint density at radius 2 is 1.55 bits per heavy atom. The van der Waals surface area contributed by atoms with Gasteiger partial charge in [0.2, 0.25) is 0 Å². The molecular weight excluding hydrogens is 506 g/mol. The summed E-state index contributed by atoms with van der Waals surface area (Å²) in [6, 6.07) is 12.3. The number of aromatic nitrogens is 3. The van der Waals surface area contributed by atoms with E-state index < -0.39 is 17.9 Å². The number of nitrogens with zero attached hydrogens (tertiary/aromatic N) is 3. The standard InChI is InChI=1S/C17H11NO3S.C11H14N2O3/c19-10-15-5-6-16(22-15)14-7-13(8-18-9-14)11-1-3-12(4-2-11)17(20)21;1-6-7(2)13-10(8(3)12-6)5-11(15)16-9(4)14/h1-10H,(H,20,21);5H2,1-4H3. The molecule has 0 aliphatic heterocycles. The lowest BCUT2D eigenvalue weighted by Gasteiger charge is -2.06. The van der Waals surface area contributed by atoms with E-state index in [9.17, 15) is 19.2 Å². The lowest BCUT2D eigenvalue weighted by molar-refractivity contribution is -0.157. The zero-order valence-electron chi connectivity index (χ0n) is 21.2. The predicted octanol–water partition coefficient (Wildman–Crippen LogP) is 5.02. The van der Waals surface area contributed by atoms with E-state index >= 15 is 0 Å². The molecule has 3 aromatic heterocycles. The lowest BCUT2D eigenvalue weighted by Crippen LogP contribution is -2.14. The van der Waals surface area contributed by atoms with Gasteiger partial charge < -0.3 is 9.84 Å². The minimum Gasteiger partial charge on any atom is -0.478 e. The Labute approximate surface area is 223 Å². The summed E-state index contributed by atoms with van der Waals surface area (Å²) in [5.41, 5.74) is 5.82. The van der Waals surface area contributed by atoms with E-state index in [1.54, 1.807) is 49.6 Å². The third kappa shape index (κ3) is 7.47. The Kier molecular flexibility index (Phi) is 9.28. The molecule has 0 saturated carbocycles. The molecule has 0 atom stereocenters. The summed E-state index contributed by atoms with van der Waals surface area (Å²) in [4.78, 5) is 57.9. The van der Waals surface area contributed by atoms with Crippen LogP contribution in [0.1, 0.15) is 49.7 Å². The number of aldehydes is 1. The number of carbonyl (C=O) groups is 4. The fourth-order valence-electron chi connectivity index (χ4n) is 3.37. The number of hydrogen-bond donors (Lipinski definition) is 1. The first-order valence-electron chi connectivity index (χ1n) is 11.4. The summed E-state index contributed by atoms with van der Waals surface area (Å²) in [5, 5.41) is 8.93. The third-order valence-electron chi connectivity index (χ3n) is 5.38. The van der Waals surface area contributed by atoms with E-state index in [1.807, 2.05) is 26.0 Å². The molecule has 1 N–H and O–H groups in total. The van der Waals surface area contributed by atoms with Crippen LogP contribution in [0.15, 0.2) is 54.9 Å². The SMILES string of the molecule is CC(=O)OC(=O)Cc1nc(C)c(C)nc1C.O=Cc1ccc(-c2cncc(-c3ccc(C(=O)O)cc3)c2)s1. The molecule has 38 heavy (non-hydrogen) atoms. The Morgan fingerprint density at radius 3 is 2.16 bits per heavy atom. The summed E-state index contributed by atoms with van der Waals surface area (Å²) in [6.45, 7) is 6.64. The highest BCUT2D eigenvalue weighted by atomic mass is 32.1. The van der Waals surface area contributed by atoms with Crippen LogP contribution in [0.5, 0.6) is 0 Å². The number of rotatable bonds is 6. The van der Waals surface area contributed by atoms with Crippen molar-refractivity contribution in [2.45, 2.75) is 34.1 Å². The average Bonchev–Trinajstić information content (AvgIpc) is 3.37. The molecule has 0 aliphatic rings. The van der Waals surface area contributed by atoms with Crippen LogP contribution in [-0.2, 0) is 20.7 Å². The van der Waals surface area contributed by atoms with Crippen LogP contribution in [-0.4, -0.2) is 44.3 Å². The van der Waals surface area contributed by atoms with E-state index in [0.717, 1.165) is 39.2 Å². The molecule has 0 bridgehead atoms. The number of benzene rings is 1. The van der Waals surface area contributed by atoms with Crippen LogP contribution in [0.25, 0.3) is 21.6 Å². The van der Waals surface area contributed by atoms with Gasteiger partial charge >= 0.3 is 17.9 Å². The minimum atomic E-state index is -0.946. The molecule has 194 valence electrons. The normalized spacial score (nSPS) is 10.2. The van der Waals surface area contributed by atoms with Crippen LogP contribution in [0.2, 0.25) is 0 Å². The number of thiophene rings is 1. The number of ether oxygens (including phenoxy) is 1. The second-order valence-corrected chi connectivity index (χ2v) is 9.35. The third-order valence-corrected chi connectivity index (χ3v) is 6.44. The molecule has 0 amide bonds. The second-order valence-electron chi connectivity index (χ2n) is 8.23. The minimum absolute atomic E-state index is 0.0282. The Hall–Kier alpha value is -4.57. The van der Waals surface area contributed by atoms with Crippen molar-refractivity contribution in [1.29, 1.82) is 0 Å². The van der Waals surface area contributed by atoms with Crippen molar-refractivity contribution in [3.05, 3.63) is 88.1 Å². The van der Waals surface area contributed by atoms with Crippen molar-refractivity contribution in [2.75, 3.05) is 0 Å². The first-order valence-corrected chi connectivity index (χ1v) is 12.2. The first kappa shape index (κ1) is 28.0. The number of aromatic carboxylic acids is 1. The maximum absolute atomic E-state index is 11.3. The van der Waals surface area contributed by atoms with Crippen LogP contribution in [0, 0.1) is 20.8 Å². The highest BCUT2D eigenvalue weighted by Gasteiger charge is 2.13. The van der Waals surface area contributed by atoms with Crippen molar-refractivity contribution >= 4 is 35.5 Å². The quantitative estimate of drug-likeness (QED) is 0.206. The van der Waals surface area contributed by atoms with Gasteiger partial charge in [0, 0.05) is 35.3 Å². The molecule has 0 aliphatic carbocycles. The van der Waals surface area contributed by atoms with Crippen LogP contribution in [0.3, 0.4) is 0 Å². The van der Waals surface area contributed by atoms with Gasteiger partial charge in [0.25, 0.3) is 0 Å². The number of pyridine rings is 1. The monoisotopic (exact) mass is 531 g/mol. The van der Waals surface area contributed by atoms with E-state index in [2.05, 4.69) is 19.7 Å². The maximum atomic E-state index is 11.3. The topological polar surface area (TPSA) is 136 Å².